The highest BCUT2D eigenvalue weighted by Gasteiger charge is 2.31. The first-order valence-electron chi connectivity index (χ1n) is 5.61. The number of Topliss-reactive ketones (excluding diaryl/α,β-unsaturated/α-hetero) is 1. The molecule has 1 heterocycles. The molecule has 0 saturated heterocycles. The van der Waals surface area contributed by atoms with Gasteiger partial charge in [-0.2, -0.15) is 0 Å². The summed E-state index contributed by atoms with van der Waals surface area (Å²) < 4.78 is 25.2. The fourth-order valence-electron chi connectivity index (χ4n) is 1.64. The van der Waals surface area contributed by atoms with Crippen molar-refractivity contribution in [3.8, 4) is 0 Å². The Morgan fingerprint density at radius 1 is 1.20 bits per heavy atom. The van der Waals surface area contributed by atoms with Gasteiger partial charge in [-0.15, -0.1) is 11.3 Å². The second-order valence-electron chi connectivity index (χ2n) is 4.11. The second kappa shape index (κ2) is 5.85. The van der Waals surface area contributed by atoms with E-state index in [9.17, 15) is 13.2 Å². The van der Waals surface area contributed by atoms with Crippen LogP contribution in [0.1, 0.15) is 16.6 Å². The number of carbonyl (C=O) groups excluding carboxylic acids is 1. The van der Waals surface area contributed by atoms with E-state index in [1.165, 1.54) is 31.2 Å². The molecule has 0 saturated carbocycles. The number of hydrogen-bond acceptors (Lipinski definition) is 4. The predicted octanol–water partition coefficient (Wildman–Crippen LogP) is 4.10. The fraction of sp³-hybridized carbons (Fsp3) is 0.154. The van der Waals surface area contributed by atoms with Crippen molar-refractivity contribution in [2.75, 3.05) is 0 Å². The number of ketones is 1. The summed E-state index contributed by atoms with van der Waals surface area (Å²) in [6.07, 6.45) is 0. The summed E-state index contributed by atoms with van der Waals surface area (Å²) in [5.74, 6) is -0.470. The van der Waals surface area contributed by atoms with Crippen LogP contribution in [0.5, 0.6) is 0 Å². The first-order valence-corrected chi connectivity index (χ1v) is 8.73. The molecule has 1 aromatic heterocycles. The number of thiophene rings is 1. The maximum atomic E-state index is 12.4. The third kappa shape index (κ3) is 3.06. The normalized spacial score (nSPS) is 13.2. The number of carbonyl (C=O) groups is 1. The molecule has 1 aromatic carbocycles. The summed E-state index contributed by atoms with van der Waals surface area (Å²) in [5, 5.41) is -0.874. The van der Waals surface area contributed by atoms with Gasteiger partial charge in [0.1, 0.15) is 5.25 Å². The number of benzene rings is 1. The van der Waals surface area contributed by atoms with Crippen molar-refractivity contribution in [3.05, 3.63) is 50.6 Å². The van der Waals surface area contributed by atoms with Crippen LogP contribution < -0.4 is 0 Å². The maximum Gasteiger partial charge on any atom is 0.191 e. The van der Waals surface area contributed by atoms with E-state index in [1.54, 1.807) is 12.1 Å². The van der Waals surface area contributed by atoms with E-state index in [1.807, 2.05) is 0 Å². The third-order valence-electron chi connectivity index (χ3n) is 2.78. The van der Waals surface area contributed by atoms with E-state index in [0.717, 1.165) is 11.3 Å². The van der Waals surface area contributed by atoms with Gasteiger partial charge in [0.2, 0.25) is 0 Å². The molecule has 0 amide bonds. The van der Waals surface area contributed by atoms with Gasteiger partial charge < -0.3 is 0 Å². The molecular weight excluding hydrogens is 339 g/mol. The Bertz CT molecular complexity index is 750. The van der Waals surface area contributed by atoms with E-state index >= 15 is 0 Å². The molecule has 0 aliphatic carbocycles. The van der Waals surface area contributed by atoms with Crippen LogP contribution in [0.3, 0.4) is 0 Å². The van der Waals surface area contributed by atoms with Crippen LogP contribution in [-0.2, 0) is 9.84 Å². The lowest BCUT2D eigenvalue weighted by atomic mass is 10.2. The summed E-state index contributed by atoms with van der Waals surface area (Å²) in [6.45, 7) is 1.37. The van der Waals surface area contributed by atoms with Gasteiger partial charge in [-0.1, -0.05) is 29.3 Å². The van der Waals surface area contributed by atoms with Gasteiger partial charge in [0.15, 0.2) is 15.6 Å². The van der Waals surface area contributed by atoms with Crippen LogP contribution in [0.4, 0.5) is 0 Å². The molecule has 1 unspecified atom stereocenters. The van der Waals surface area contributed by atoms with Gasteiger partial charge in [-0.3, -0.25) is 4.79 Å². The molecule has 106 valence electrons. The summed E-state index contributed by atoms with van der Waals surface area (Å²) in [4.78, 5) is 12.6. The Morgan fingerprint density at radius 3 is 2.45 bits per heavy atom. The average Bonchev–Trinajstić information content (AvgIpc) is 2.83. The molecule has 0 N–H and O–H groups in total. The summed E-state index contributed by atoms with van der Waals surface area (Å²) in [7, 11) is -3.77. The van der Waals surface area contributed by atoms with E-state index in [0.29, 0.717) is 14.2 Å². The zero-order valence-electron chi connectivity index (χ0n) is 10.3. The molecule has 0 fully saturated rings. The molecule has 0 radical (unpaired) electrons. The van der Waals surface area contributed by atoms with Crippen LogP contribution in [0.2, 0.25) is 9.36 Å². The van der Waals surface area contributed by atoms with Gasteiger partial charge in [0, 0.05) is 5.02 Å². The topological polar surface area (TPSA) is 51.2 Å². The molecule has 20 heavy (non-hydrogen) atoms. The molecule has 7 heteroatoms. The fourth-order valence-corrected chi connectivity index (χ4v) is 4.41. The Hall–Kier alpha value is -0.880. The highest BCUT2D eigenvalue weighted by atomic mass is 35.5. The minimum absolute atomic E-state index is 0.0357. The summed E-state index contributed by atoms with van der Waals surface area (Å²) in [5.41, 5.74) is 0. The molecule has 1 atom stereocenters. The molecule has 0 aliphatic rings. The number of halogens is 2. The first kappa shape index (κ1) is 15.5. The third-order valence-corrected chi connectivity index (χ3v) is 6.31. The van der Waals surface area contributed by atoms with Gasteiger partial charge in [-0.25, -0.2) is 8.42 Å². The van der Waals surface area contributed by atoms with Crippen molar-refractivity contribution in [2.45, 2.75) is 17.1 Å². The SMILES string of the molecule is CC(C(=O)c1ccc(Cl)s1)S(=O)(=O)c1cccc(Cl)c1. The van der Waals surface area contributed by atoms with Crippen LogP contribution in [0.25, 0.3) is 0 Å². The van der Waals surface area contributed by atoms with Crippen molar-refractivity contribution >= 4 is 50.2 Å². The second-order valence-corrected chi connectivity index (χ2v) is 8.53. The maximum absolute atomic E-state index is 12.4. The van der Waals surface area contributed by atoms with Crippen molar-refractivity contribution in [1.82, 2.24) is 0 Å². The van der Waals surface area contributed by atoms with Crippen molar-refractivity contribution < 1.29 is 13.2 Å². The minimum Gasteiger partial charge on any atom is -0.292 e. The molecule has 3 nitrogen and oxygen atoms in total. The molecular formula is C13H10Cl2O3S2. The van der Waals surface area contributed by atoms with E-state index in [2.05, 4.69) is 0 Å². The zero-order chi connectivity index (χ0) is 14.9. The first-order chi connectivity index (χ1) is 9.32. The lowest BCUT2D eigenvalue weighted by Crippen LogP contribution is -2.27. The Labute approximate surface area is 131 Å². The highest BCUT2D eigenvalue weighted by Crippen LogP contribution is 2.26. The van der Waals surface area contributed by atoms with Crippen LogP contribution in [0, 0.1) is 0 Å². The Balaban J connectivity index is 2.37. The largest absolute Gasteiger partial charge is 0.292 e. The van der Waals surface area contributed by atoms with Gasteiger partial charge >= 0.3 is 0 Å². The minimum atomic E-state index is -3.77. The molecule has 0 aliphatic heterocycles. The molecule has 0 bridgehead atoms. The van der Waals surface area contributed by atoms with Crippen LogP contribution >= 0.6 is 34.5 Å². The van der Waals surface area contributed by atoms with E-state index < -0.39 is 20.9 Å². The Morgan fingerprint density at radius 2 is 1.90 bits per heavy atom. The van der Waals surface area contributed by atoms with Crippen molar-refractivity contribution in [1.29, 1.82) is 0 Å². The average molecular weight is 349 g/mol. The summed E-state index contributed by atoms with van der Waals surface area (Å²) in [6, 6.07) is 8.96. The Kier molecular flexibility index (Phi) is 4.54. The van der Waals surface area contributed by atoms with Gasteiger partial charge in [0.05, 0.1) is 14.1 Å². The molecule has 2 aromatic rings. The standard InChI is InChI=1S/C13H10Cl2O3S2/c1-8(13(16)11-5-6-12(15)19-11)20(17,18)10-4-2-3-9(14)7-10/h2-8H,1H3. The summed E-state index contributed by atoms with van der Waals surface area (Å²) >= 11 is 12.6. The van der Waals surface area contributed by atoms with E-state index in [4.69, 9.17) is 23.2 Å². The quantitative estimate of drug-likeness (QED) is 0.781. The van der Waals surface area contributed by atoms with Crippen LogP contribution in [0.15, 0.2) is 41.3 Å². The zero-order valence-corrected chi connectivity index (χ0v) is 13.5. The monoisotopic (exact) mass is 348 g/mol. The lowest BCUT2D eigenvalue weighted by Gasteiger charge is -2.11. The van der Waals surface area contributed by atoms with E-state index in [-0.39, 0.29) is 4.90 Å². The van der Waals surface area contributed by atoms with Crippen molar-refractivity contribution in [2.24, 2.45) is 0 Å². The van der Waals surface area contributed by atoms with Crippen LogP contribution in [-0.4, -0.2) is 19.5 Å². The molecule has 0 spiro atoms. The molecule has 2 rings (SSSR count). The predicted molar refractivity (Wildman–Crippen MR) is 81.8 cm³/mol. The van der Waals surface area contributed by atoms with Gasteiger partial charge in [0.25, 0.3) is 0 Å². The number of rotatable bonds is 4. The smallest absolute Gasteiger partial charge is 0.191 e. The van der Waals surface area contributed by atoms with Crippen molar-refractivity contribution in [3.63, 3.8) is 0 Å². The highest BCUT2D eigenvalue weighted by molar-refractivity contribution is 7.92. The lowest BCUT2D eigenvalue weighted by molar-refractivity contribution is 0.0995. The number of hydrogen-bond donors (Lipinski definition) is 0. The van der Waals surface area contributed by atoms with Gasteiger partial charge in [-0.05, 0) is 37.3 Å². The number of sulfone groups is 1.